The zero-order chi connectivity index (χ0) is 22.5. The van der Waals surface area contributed by atoms with Crippen molar-refractivity contribution in [1.82, 2.24) is 20.1 Å². The molecule has 2 aliphatic rings. The zero-order valence-electron chi connectivity index (χ0n) is 19.2. The third-order valence-electron chi connectivity index (χ3n) is 6.83. The highest BCUT2D eigenvalue weighted by Crippen LogP contribution is 2.25. The van der Waals surface area contributed by atoms with Crippen molar-refractivity contribution in [1.29, 1.82) is 0 Å². The monoisotopic (exact) mass is 434 g/mol. The molecule has 32 heavy (non-hydrogen) atoms. The quantitative estimate of drug-likeness (QED) is 0.784. The molecule has 1 aromatic carbocycles. The Balaban J connectivity index is 1.21. The summed E-state index contributed by atoms with van der Waals surface area (Å²) < 4.78 is 0. The van der Waals surface area contributed by atoms with Crippen LogP contribution in [-0.2, 0) is 11.3 Å². The molecule has 0 bridgehead atoms. The standard InChI is InChI=1S/C26H34N4O2/c1-19-14-20(2)16-23(15-19)26(32)30-12-7-24(8-13-30)29-10-5-22(6-11-29)25(31)28-18-21-4-3-9-27-17-21/h3-4,9,14-17,22,24H,5-8,10-13,18H2,1-2H3,(H,28,31). The Bertz CT molecular complexity index is 910. The third-order valence-corrected chi connectivity index (χ3v) is 6.83. The van der Waals surface area contributed by atoms with E-state index < -0.39 is 0 Å². The maximum absolute atomic E-state index is 12.9. The molecule has 2 aliphatic heterocycles. The van der Waals surface area contributed by atoms with E-state index in [-0.39, 0.29) is 17.7 Å². The highest BCUT2D eigenvalue weighted by atomic mass is 16.2. The van der Waals surface area contributed by atoms with E-state index in [4.69, 9.17) is 0 Å². The van der Waals surface area contributed by atoms with Gasteiger partial charge in [-0.05, 0) is 76.4 Å². The average Bonchev–Trinajstić information content (AvgIpc) is 2.82. The second-order valence-electron chi connectivity index (χ2n) is 9.29. The maximum Gasteiger partial charge on any atom is 0.253 e. The summed E-state index contributed by atoms with van der Waals surface area (Å²) in [5.41, 5.74) is 4.10. The van der Waals surface area contributed by atoms with Gasteiger partial charge in [-0.2, -0.15) is 0 Å². The van der Waals surface area contributed by atoms with Crippen molar-refractivity contribution in [3.05, 3.63) is 65.0 Å². The molecule has 0 saturated carbocycles. The van der Waals surface area contributed by atoms with Gasteiger partial charge >= 0.3 is 0 Å². The van der Waals surface area contributed by atoms with Gasteiger partial charge in [0.2, 0.25) is 5.91 Å². The second kappa shape index (κ2) is 10.3. The molecule has 2 saturated heterocycles. The largest absolute Gasteiger partial charge is 0.352 e. The van der Waals surface area contributed by atoms with E-state index in [0.29, 0.717) is 12.6 Å². The van der Waals surface area contributed by atoms with Crippen molar-refractivity contribution in [2.45, 2.75) is 52.1 Å². The van der Waals surface area contributed by atoms with Crippen molar-refractivity contribution in [3.63, 3.8) is 0 Å². The number of carbonyl (C=O) groups excluding carboxylic acids is 2. The molecule has 2 fully saturated rings. The van der Waals surface area contributed by atoms with E-state index in [9.17, 15) is 9.59 Å². The number of hydrogen-bond acceptors (Lipinski definition) is 4. The Morgan fingerprint density at radius 1 is 1.00 bits per heavy atom. The molecule has 0 radical (unpaired) electrons. The Morgan fingerprint density at radius 2 is 1.69 bits per heavy atom. The second-order valence-corrected chi connectivity index (χ2v) is 9.29. The van der Waals surface area contributed by atoms with E-state index >= 15 is 0 Å². The van der Waals surface area contributed by atoms with Crippen LogP contribution in [-0.4, -0.2) is 58.8 Å². The van der Waals surface area contributed by atoms with Crippen molar-refractivity contribution in [2.24, 2.45) is 5.92 Å². The summed E-state index contributed by atoms with van der Waals surface area (Å²) in [7, 11) is 0. The highest BCUT2D eigenvalue weighted by Gasteiger charge is 2.31. The summed E-state index contributed by atoms with van der Waals surface area (Å²) in [6.07, 6.45) is 7.36. The fraction of sp³-hybridized carbons (Fsp3) is 0.500. The summed E-state index contributed by atoms with van der Waals surface area (Å²) in [5, 5.41) is 3.06. The van der Waals surface area contributed by atoms with Gasteiger partial charge in [-0.15, -0.1) is 0 Å². The van der Waals surface area contributed by atoms with Crippen molar-refractivity contribution >= 4 is 11.8 Å². The number of rotatable bonds is 5. The first kappa shape index (κ1) is 22.5. The number of aromatic nitrogens is 1. The summed E-state index contributed by atoms with van der Waals surface area (Å²) >= 11 is 0. The van der Waals surface area contributed by atoms with E-state index in [2.05, 4.69) is 21.3 Å². The smallest absolute Gasteiger partial charge is 0.253 e. The van der Waals surface area contributed by atoms with Crippen LogP contribution in [0.3, 0.4) is 0 Å². The summed E-state index contributed by atoms with van der Waals surface area (Å²) in [5.74, 6) is 0.399. The van der Waals surface area contributed by atoms with E-state index in [1.807, 2.05) is 43.0 Å². The van der Waals surface area contributed by atoms with Gasteiger partial charge in [-0.3, -0.25) is 14.6 Å². The van der Waals surface area contributed by atoms with E-state index in [1.165, 1.54) is 0 Å². The molecule has 1 N–H and O–H groups in total. The molecule has 0 aliphatic carbocycles. The molecule has 6 heteroatoms. The van der Waals surface area contributed by atoms with Gasteiger partial charge < -0.3 is 15.1 Å². The minimum Gasteiger partial charge on any atom is -0.352 e. The fourth-order valence-electron chi connectivity index (χ4n) is 5.08. The average molecular weight is 435 g/mol. The van der Waals surface area contributed by atoms with Gasteiger partial charge in [0.05, 0.1) is 0 Å². The van der Waals surface area contributed by atoms with Gasteiger partial charge in [0, 0.05) is 49.6 Å². The van der Waals surface area contributed by atoms with Crippen LogP contribution < -0.4 is 5.32 Å². The number of amides is 2. The first-order chi connectivity index (χ1) is 15.5. The van der Waals surface area contributed by atoms with Crippen LogP contribution in [0, 0.1) is 19.8 Å². The predicted octanol–water partition coefficient (Wildman–Crippen LogP) is 3.33. The van der Waals surface area contributed by atoms with Crippen LogP contribution in [0.25, 0.3) is 0 Å². The number of nitrogens with one attached hydrogen (secondary N) is 1. The van der Waals surface area contributed by atoms with Gasteiger partial charge in [0.1, 0.15) is 0 Å². The molecule has 3 heterocycles. The lowest BCUT2D eigenvalue weighted by Crippen LogP contribution is -2.50. The molecule has 0 atom stereocenters. The normalized spacial score (nSPS) is 18.5. The van der Waals surface area contributed by atoms with Crippen LogP contribution in [0.15, 0.2) is 42.7 Å². The predicted molar refractivity (Wildman–Crippen MR) is 125 cm³/mol. The number of piperidine rings is 2. The molecule has 0 spiro atoms. The molecule has 1 aromatic heterocycles. The van der Waals surface area contributed by atoms with Crippen molar-refractivity contribution < 1.29 is 9.59 Å². The number of pyridine rings is 1. The van der Waals surface area contributed by atoms with Crippen LogP contribution in [0.5, 0.6) is 0 Å². The lowest BCUT2D eigenvalue weighted by Gasteiger charge is -2.41. The lowest BCUT2D eigenvalue weighted by molar-refractivity contribution is -0.126. The van der Waals surface area contributed by atoms with Crippen LogP contribution in [0.2, 0.25) is 0 Å². The number of nitrogens with zero attached hydrogens (tertiary/aromatic N) is 3. The van der Waals surface area contributed by atoms with Crippen LogP contribution >= 0.6 is 0 Å². The summed E-state index contributed by atoms with van der Waals surface area (Å²) in [6.45, 7) is 8.16. The number of benzene rings is 1. The van der Waals surface area contributed by atoms with Gasteiger partial charge in [0.25, 0.3) is 5.91 Å². The van der Waals surface area contributed by atoms with E-state index in [0.717, 1.165) is 74.1 Å². The molecule has 2 amide bonds. The first-order valence-corrected chi connectivity index (χ1v) is 11.8. The third kappa shape index (κ3) is 5.54. The van der Waals surface area contributed by atoms with Crippen LogP contribution in [0.4, 0.5) is 0 Å². The molecule has 6 nitrogen and oxygen atoms in total. The van der Waals surface area contributed by atoms with Crippen molar-refractivity contribution in [3.8, 4) is 0 Å². The zero-order valence-corrected chi connectivity index (χ0v) is 19.2. The lowest BCUT2D eigenvalue weighted by atomic mass is 9.92. The summed E-state index contributed by atoms with van der Waals surface area (Å²) in [4.78, 5) is 34.1. The minimum absolute atomic E-state index is 0.0918. The molecule has 4 rings (SSSR count). The molecular formula is C26H34N4O2. The highest BCUT2D eigenvalue weighted by molar-refractivity contribution is 5.94. The van der Waals surface area contributed by atoms with Gasteiger partial charge in [0.15, 0.2) is 0 Å². The Kier molecular flexibility index (Phi) is 7.20. The SMILES string of the molecule is Cc1cc(C)cc(C(=O)N2CCC(N3CCC(C(=O)NCc4cccnc4)CC3)CC2)c1. The molecule has 170 valence electrons. The number of hydrogen-bond donors (Lipinski definition) is 1. The maximum atomic E-state index is 12.9. The minimum atomic E-state index is 0.0918. The summed E-state index contributed by atoms with van der Waals surface area (Å²) in [6, 6.07) is 10.5. The number of likely N-dealkylation sites (tertiary alicyclic amines) is 2. The Hall–Kier alpha value is -2.73. The molecular weight excluding hydrogens is 400 g/mol. The first-order valence-electron chi connectivity index (χ1n) is 11.8. The number of carbonyl (C=O) groups is 2. The number of aryl methyl sites for hydroxylation is 2. The Morgan fingerprint density at radius 3 is 2.31 bits per heavy atom. The Labute approximate surface area is 191 Å². The van der Waals surface area contributed by atoms with Crippen LogP contribution in [0.1, 0.15) is 52.7 Å². The van der Waals surface area contributed by atoms with Gasteiger partial charge in [-0.25, -0.2) is 0 Å². The van der Waals surface area contributed by atoms with E-state index in [1.54, 1.807) is 12.4 Å². The fourth-order valence-corrected chi connectivity index (χ4v) is 5.08. The molecule has 2 aromatic rings. The topological polar surface area (TPSA) is 65.5 Å². The van der Waals surface area contributed by atoms with Crippen molar-refractivity contribution in [2.75, 3.05) is 26.2 Å². The van der Waals surface area contributed by atoms with Gasteiger partial charge in [-0.1, -0.05) is 23.3 Å². The molecule has 0 unspecified atom stereocenters.